The fourth-order valence-corrected chi connectivity index (χ4v) is 5.83. The van der Waals surface area contributed by atoms with Crippen molar-refractivity contribution in [2.75, 3.05) is 6.54 Å². The largest absolute Gasteiger partial charge is 0.243 e. The average molecular weight is 279 g/mol. The van der Waals surface area contributed by atoms with Crippen LogP contribution in [-0.2, 0) is 10.0 Å². The maximum Gasteiger partial charge on any atom is 0.243 e. The Labute approximate surface area is 115 Å². The first-order chi connectivity index (χ1) is 8.92. The fourth-order valence-electron chi connectivity index (χ4n) is 3.96. The maximum absolute atomic E-state index is 12.8. The minimum Gasteiger partial charge on any atom is -0.207 e. The molecule has 0 bridgehead atoms. The molecule has 1 saturated heterocycles. The molecule has 3 nitrogen and oxygen atoms in total. The number of hydrogen-bond donors (Lipinski definition) is 0. The Morgan fingerprint density at radius 1 is 1.32 bits per heavy atom. The van der Waals surface area contributed by atoms with Gasteiger partial charge in [-0.1, -0.05) is 31.0 Å². The maximum atomic E-state index is 12.8. The molecule has 2 aliphatic rings. The van der Waals surface area contributed by atoms with E-state index in [1.54, 1.807) is 16.4 Å². The van der Waals surface area contributed by atoms with Gasteiger partial charge < -0.3 is 0 Å². The molecular weight excluding hydrogens is 258 g/mol. The van der Waals surface area contributed by atoms with Gasteiger partial charge in [0.15, 0.2) is 0 Å². The Bertz CT molecular complexity index is 587. The summed E-state index contributed by atoms with van der Waals surface area (Å²) in [5.74, 6) is 1.11. The zero-order chi connectivity index (χ0) is 13.8. The molecule has 1 aliphatic heterocycles. The van der Waals surface area contributed by atoms with Crippen LogP contribution in [0, 0.1) is 18.8 Å². The minimum absolute atomic E-state index is 0.127. The lowest BCUT2D eigenvalue weighted by Gasteiger charge is -2.26. The standard InChI is InChI=1S/C15H21NO2S/c1-4-13-14-9-10-16(15(13,14)3)19(17,18)12-7-5-11(2)6-8-12/h5-8,13-14H,4,9-10H2,1-3H3/t13-,14+,15-/m1/s1. The predicted molar refractivity (Wildman–Crippen MR) is 75.4 cm³/mol. The van der Waals surface area contributed by atoms with E-state index in [0.29, 0.717) is 23.3 Å². The van der Waals surface area contributed by atoms with Crippen LogP contribution in [0.15, 0.2) is 29.2 Å². The highest BCUT2D eigenvalue weighted by atomic mass is 32.2. The third-order valence-corrected chi connectivity index (χ3v) is 7.13. The van der Waals surface area contributed by atoms with Crippen molar-refractivity contribution in [3.05, 3.63) is 29.8 Å². The Morgan fingerprint density at radius 3 is 2.47 bits per heavy atom. The van der Waals surface area contributed by atoms with E-state index in [0.717, 1.165) is 18.4 Å². The summed E-state index contributed by atoms with van der Waals surface area (Å²) in [6.07, 6.45) is 2.08. The van der Waals surface area contributed by atoms with Crippen LogP contribution in [0.5, 0.6) is 0 Å². The Hall–Kier alpha value is -0.870. The number of fused-ring (bicyclic) bond motifs is 1. The molecule has 2 fully saturated rings. The van der Waals surface area contributed by atoms with Crippen LogP contribution >= 0.6 is 0 Å². The SMILES string of the molecule is CC[C@@H]1[C@@H]2CCN(S(=O)(=O)c3ccc(C)cc3)[C@]12C. The molecule has 1 aliphatic carbocycles. The van der Waals surface area contributed by atoms with Crippen molar-refractivity contribution < 1.29 is 8.42 Å². The molecule has 104 valence electrons. The van der Waals surface area contributed by atoms with Gasteiger partial charge in [0.05, 0.1) is 4.90 Å². The first-order valence-corrected chi connectivity index (χ1v) is 8.46. The number of rotatable bonds is 3. The van der Waals surface area contributed by atoms with E-state index in [-0.39, 0.29) is 5.54 Å². The smallest absolute Gasteiger partial charge is 0.207 e. The molecule has 1 aromatic carbocycles. The highest BCUT2D eigenvalue weighted by molar-refractivity contribution is 7.89. The molecule has 1 aromatic rings. The van der Waals surface area contributed by atoms with E-state index < -0.39 is 10.0 Å². The number of sulfonamides is 1. The van der Waals surface area contributed by atoms with Gasteiger partial charge in [0, 0.05) is 12.1 Å². The first kappa shape index (κ1) is 13.1. The number of piperidine rings is 1. The van der Waals surface area contributed by atoms with Crippen LogP contribution < -0.4 is 0 Å². The molecule has 3 rings (SSSR count). The van der Waals surface area contributed by atoms with Gasteiger partial charge in [0.2, 0.25) is 10.0 Å². The van der Waals surface area contributed by atoms with Crippen molar-refractivity contribution in [2.45, 2.75) is 44.0 Å². The number of benzene rings is 1. The first-order valence-electron chi connectivity index (χ1n) is 7.02. The second-order valence-corrected chi connectivity index (χ2v) is 7.89. The van der Waals surface area contributed by atoms with Gasteiger partial charge in [-0.25, -0.2) is 8.42 Å². The van der Waals surface area contributed by atoms with E-state index in [1.165, 1.54) is 0 Å². The molecule has 0 aromatic heterocycles. The second-order valence-electron chi connectivity index (χ2n) is 6.03. The minimum atomic E-state index is -3.33. The average Bonchev–Trinajstić information content (AvgIpc) is 2.77. The van der Waals surface area contributed by atoms with Gasteiger partial charge in [0.25, 0.3) is 0 Å². The topological polar surface area (TPSA) is 37.4 Å². The molecule has 0 amide bonds. The van der Waals surface area contributed by atoms with Crippen molar-refractivity contribution in [3.8, 4) is 0 Å². The molecule has 19 heavy (non-hydrogen) atoms. The van der Waals surface area contributed by atoms with Crippen molar-refractivity contribution in [3.63, 3.8) is 0 Å². The normalized spacial score (nSPS) is 34.3. The van der Waals surface area contributed by atoms with Crippen LogP contribution in [0.1, 0.15) is 32.3 Å². The summed E-state index contributed by atoms with van der Waals surface area (Å²) in [5.41, 5.74) is 0.959. The zero-order valence-electron chi connectivity index (χ0n) is 11.8. The number of aryl methyl sites for hydroxylation is 1. The van der Waals surface area contributed by atoms with Crippen molar-refractivity contribution in [2.24, 2.45) is 11.8 Å². The second kappa shape index (κ2) is 4.06. The van der Waals surface area contributed by atoms with Gasteiger partial charge >= 0.3 is 0 Å². The summed E-state index contributed by atoms with van der Waals surface area (Å²) < 4.78 is 27.3. The highest BCUT2D eigenvalue weighted by Crippen LogP contribution is 2.63. The van der Waals surface area contributed by atoms with E-state index in [2.05, 4.69) is 13.8 Å². The predicted octanol–water partition coefficient (Wildman–Crippen LogP) is 2.80. The Morgan fingerprint density at radius 2 is 1.95 bits per heavy atom. The molecule has 0 radical (unpaired) electrons. The lowest BCUT2D eigenvalue weighted by Crippen LogP contribution is -2.39. The van der Waals surface area contributed by atoms with E-state index in [1.807, 2.05) is 19.1 Å². The van der Waals surface area contributed by atoms with Gasteiger partial charge in [-0.2, -0.15) is 4.31 Å². The molecule has 1 saturated carbocycles. The van der Waals surface area contributed by atoms with E-state index in [9.17, 15) is 8.42 Å². The highest BCUT2D eigenvalue weighted by Gasteiger charge is 2.69. The van der Waals surface area contributed by atoms with Crippen molar-refractivity contribution >= 4 is 10.0 Å². The fraction of sp³-hybridized carbons (Fsp3) is 0.600. The molecule has 0 spiro atoms. The molecular formula is C15H21NO2S. The lowest BCUT2D eigenvalue weighted by atomic mass is 10.2. The van der Waals surface area contributed by atoms with E-state index >= 15 is 0 Å². The molecule has 3 atom stereocenters. The van der Waals surface area contributed by atoms with Gasteiger partial charge in [0.1, 0.15) is 0 Å². The number of hydrogen-bond acceptors (Lipinski definition) is 2. The molecule has 4 heteroatoms. The zero-order valence-corrected chi connectivity index (χ0v) is 12.6. The van der Waals surface area contributed by atoms with Gasteiger partial charge in [-0.05, 0) is 44.2 Å². The Kier molecular flexibility index (Phi) is 2.81. The summed E-state index contributed by atoms with van der Waals surface area (Å²) in [5, 5.41) is 0. The van der Waals surface area contributed by atoms with Gasteiger partial charge in [-0.3, -0.25) is 0 Å². The van der Waals surface area contributed by atoms with Crippen LogP contribution in [-0.4, -0.2) is 24.8 Å². The lowest BCUT2D eigenvalue weighted by molar-refractivity contribution is 0.326. The molecule has 1 heterocycles. The summed E-state index contributed by atoms with van der Waals surface area (Å²) in [7, 11) is -3.33. The van der Waals surface area contributed by atoms with Crippen LogP contribution in [0.2, 0.25) is 0 Å². The third kappa shape index (κ3) is 1.69. The monoisotopic (exact) mass is 279 g/mol. The van der Waals surface area contributed by atoms with Gasteiger partial charge in [-0.15, -0.1) is 0 Å². The molecule has 0 N–H and O–H groups in total. The summed E-state index contributed by atoms with van der Waals surface area (Å²) >= 11 is 0. The third-order valence-electron chi connectivity index (χ3n) is 5.11. The Balaban J connectivity index is 1.96. The van der Waals surface area contributed by atoms with Crippen LogP contribution in [0.25, 0.3) is 0 Å². The summed E-state index contributed by atoms with van der Waals surface area (Å²) in [4.78, 5) is 0.432. The van der Waals surface area contributed by atoms with Crippen LogP contribution in [0.3, 0.4) is 0 Å². The quantitative estimate of drug-likeness (QED) is 0.853. The van der Waals surface area contributed by atoms with E-state index in [4.69, 9.17) is 0 Å². The molecule has 0 unspecified atom stereocenters. The summed E-state index contributed by atoms with van der Waals surface area (Å²) in [6, 6.07) is 7.19. The van der Waals surface area contributed by atoms with Crippen molar-refractivity contribution in [1.82, 2.24) is 4.31 Å². The number of nitrogens with zero attached hydrogens (tertiary/aromatic N) is 1. The van der Waals surface area contributed by atoms with Crippen LogP contribution in [0.4, 0.5) is 0 Å². The summed E-state index contributed by atoms with van der Waals surface area (Å²) in [6.45, 7) is 6.92. The van der Waals surface area contributed by atoms with Crippen molar-refractivity contribution in [1.29, 1.82) is 0 Å².